The van der Waals surface area contributed by atoms with Crippen molar-refractivity contribution in [1.29, 1.82) is 0 Å². The highest BCUT2D eigenvalue weighted by molar-refractivity contribution is 5.69. The second-order valence-electron chi connectivity index (χ2n) is 5.01. The highest BCUT2D eigenvalue weighted by atomic mass is 16.6. The van der Waals surface area contributed by atoms with E-state index in [1.54, 1.807) is 0 Å². The zero-order valence-electron chi connectivity index (χ0n) is 10.2. The molecule has 1 aliphatic heterocycles. The number of hydrogen-bond acceptors (Lipinski definition) is 4. The number of nitrogens with zero attached hydrogens (tertiary/aromatic N) is 1. The summed E-state index contributed by atoms with van der Waals surface area (Å²) in [6.07, 6.45) is -0.366. The molecule has 0 saturated carbocycles. The molecule has 0 aliphatic carbocycles. The van der Waals surface area contributed by atoms with Crippen molar-refractivity contribution in [2.24, 2.45) is 0 Å². The van der Waals surface area contributed by atoms with Crippen LogP contribution in [-0.2, 0) is 14.3 Å². The Hall–Kier alpha value is -1.10. The molecule has 92 valence electrons. The van der Waals surface area contributed by atoms with Crippen LogP contribution in [-0.4, -0.2) is 48.2 Å². The van der Waals surface area contributed by atoms with E-state index in [4.69, 9.17) is 9.47 Å². The summed E-state index contributed by atoms with van der Waals surface area (Å²) in [5.74, 6) is 0. The van der Waals surface area contributed by atoms with E-state index >= 15 is 0 Å². The van der Waals surface area contributed by atoms with Crippen LogP contribution in [0.25, 0.3) is 0 Å². The van der Waals surface area contributed by atoms with Crippen molar-refractivity contribution in [3.8, 4) is 0 Å². The van der Waals surface area contributed by atoms with Gasteiger partial charge in [0.25, 0.3) is 0 Å². The van der Waals surface area contributed by atoms with E-state index in [0.717, 1.165) is 0 Å². The molecule has 1 saturated heterocycles. The fourth-order valence-electron chi connectivity index (χ4n) is 1.54. The van der Waals surface area contributed by atoms with Crippen LogP contribution in [0.2, 0.25) is 0 Å². The predicted octanol–water partition coefficient (Wildman–Crippen LogP) is 1.21. The Morgan fingerprint density at radius 3 is 2.56 bits per heavy atom. The minimum atomic E-state index is -0.545. The number of carbonyl (C=O) groups excluding carboxylic acids is 2. The molecule has 1 rings (SSSR count). The van der Waals surface area contributed by atoms with Crippen molar-refractivity contribution < 1.29 is 19.1 Å². The molecule has 1 fully saturated rings. The van der Waals surface area contributed by atoms with E-state index in [0.29, 0.717) is 12.8 Å². The molecule has 5 nitrogen and oxygen atoms in total. The highest BCUT2D eigenvalue weighted by Crippen LogP contribution is 2.15. The first-order chi connectivity index (χ1) is 7.31. The summed E-state index contributed by atoms with van der Waals surface area (Å²) < 4.78 is 10.6. The third-order valence-corrected chi connectivity index (χ3v) is 2.09. The fourth-order valence-corrected chi connectivity index (χ4v) is 1.54. The lowest BCUT2D eigenvalue weighted by Gasteiger charge is -2.35. The van der Waals surface area contributed by atoms with Crippen LogP contribution in [0.1, 0.15) is 27.7 Å². The van der Waals surface area contributed by atoms with Gasteiger partial charge in [0.05, 0.1) is 19.2 Å². The minimum absolute atomic E-state index is 0.142. The van der Waals surface area contributed by atoms with Crippen LogP contribution in [0.4, 0.5) is 4.79 Å². The van der Waals surface area contributed by atoms with Crippen molar-refractivity contribution in [2.75, 3.05) is 13.1 Å². The molecule has 0 spiro atoms. The molecule has 5 heteroatoms. The average Bonchev–Trinajstić information content (AvgIpc) is 2.14. The largest absolute Gasteiger partial charge is 0.444 e. The van der Waals surface area contributed by atoms with Gasteiger partial charge < -0.3 is 19.2 Å². The van der Waals surface area contributed by atoms with Gasteiger partial charge in [-0.2, -0.15) is 0 Å². The van der Waals surface area contributed by atoms with E-state index in [-0.39, 0.29) is 12.6 Å². The number of rotatable bonds is 1. The number of aldehydes is 1. The maximum atomic E-state index is 11.8. The van der Waals surface area contributed by atoms with E-state index in [1.807, 2.05) is 27.7 Å². The van der Waals surface area contributed by atoms with Gasteiger partial charge in [-0.25, -0.2) is 4.79 Å². The van der Waals surface area contributed by atoms with Crippen molar-refractivity contribution in [3.63, 3.8) is 0 Å². The molecule has 0 aromatic carbocycles. The van der Waals surface area contributed by atoms with E-state index in [9.17, 15) is 9.59 Å². The molecule has 0 aromatic rings. The Balaban J connectivity index is 2.58. The molecular weight excluding hydrogens is 210 g/mol. The predicted molar refractivity (Wildman–Crippen MR) is 58.2 cm³/mol. The molecule has 1 unspecified atom stereocenters. The Kier molecular flexibility index (Phi) is 3.91. The van der Waals surface area contributed by atoms with Gasteiger partial charge in [0.15, 0.2) is 6.29 Å². The Morgan fingerprint density at radius 2 is 2.06 bits per heavy atom. The van der Waals surface area contributed by atoms with Crippen LogP contribution >= 0.6 is 0 Å². The van der Waals surface area contributed by atoms with E-state index < -0.39 is 17.8 Å². The summed E-state index contributed by atoms with van der Waals surface area (Å²) in [6, 6.07) is 0. The molecule has 1 aliphatic rings. The van der Waals surface area contributed by atoms with Crippen LogP contribution < -0.4 is 0 Å². The van der Waals surface area contributed by atoms with Gasteiger partial charge >= 0.3 is 6.09 Å². The lowest BCUT2D eigenvalue weighted by atomic mass is 10.2. The summed E-state index contributed by atoms with van der Waals surface area (Å²) in [4.78, 5) is 23.9. The third-order valence-electron chi connectivity index (χ3n) is 2.09. The molecule has 0 bridgehead atoms. The Bertz CT molecular complexity index is 272. The molecule has 1 amide bonds. The molecule has 2 atom stereocenters. The Morgan fingerprint density at radius 1 is 1.44 bits per heavy atom. The summed E-state index contributed by atoms with van der Waals surface area (Å²) in [7, 11) is 0. The number of morpholine rings is 1. The zero-order chi connectivity index (χ0) is 12.3. The molecular formula is C11H19NO4. The molecule has 16 heavy (non-hydrogen) atoms. The fraction of sp³-hybridized carbons (Fsp3) is 0.818. The quantitative estimate of drug-likeness (QED) is 0.634. The maximum Gasteiger partial charge on any atom is 0.410 e. The van der Waals surface area contributed by atoms with Crippen LogP contribution in [0.5, 0.6) is 0 Å². The first-order valence-electron chi connectivity index (χ1n) is 5.40. The van der Waals surface area contributed by atoms with Gasteiger partial charge in [-0.1, -0.05) is 0 Å². The van der Waals surface area contributed by atoms with Crippen molar-refractivity contribution in [1.82, 2.24) is 4.90 Å². The van der Waals surface area contributed by atoms with Gasteiger partial charge in [0, 0.05) is 0 Å². The lowest BCUT2D eigenvalue weighted by molar-refractivity contribution is -0.130. The molecule has 0 radical (unpaired) electrons. The van der Waals surface area contributed by atoms with Gasteiger partial charge in [-0.15, -0.1) is 0 Å². The second kappa shape index (κ2) is 4.82. The normalized spacial score (nSPS) is 26.4. The smallest absolute Gasteiger partial charge is 0.410 e. The average molecular weight is 229 g/mol. The number of ether oxygens (including phenoxy) is 2. The monoisotopic (exact) mass is 229 g/mol. The van der Waals surface area contributed by atoms with Gasteiger partial charge in [0.1, 0.15) is 11.7 Å². The minimum Gasteiger partial charge on any atom is -0.444 e. The second-order valence-corrected chi connectivity index (χ2v) is 5.01. The Labute approximate surface area is 95.7 Å². The third kappa shape index (κ3) is 3.81. The maximum absolute atomic E-state index is 11.8. The standard InChI is InChI=1S/C11H19NO4/c1-8-5-12(6-9(7-13)15-8)10(14)16-11(2,3)4/h7-9H,5-6H2,1-4H3/t8?,9-/m0/s1. The number of hydrogen-bond donors (Lipinski definition) is 0. The van der Waals surface area contributed by atoms with E-state index in [1.165, 1.54) is 4.90 Å². The molecule has 0 aromatic heterocycles. The molecule has 0 N–H and O–H groups in total. The van der Waals surface area contributed by atoms with Gasteiger partial charge in [-0.05, 0) is 27.7 Å². The van der Waals surface area contributed by atoms with Crippen molar-refractivity contribution >= 4 is 12.4 Å². The number of carbonyl (C=O) groups is 2. The van der Waals surface area contributed by atoms with Crippen LogP contribution in [0.15, 0.2) is 0 Å². The summed E-state index contributed by atoms with van der Waals surface area (Å²) in [5, 5.41) is 0. The van der Waals surface area contributed by atoms with Gasteiger partial charge in [-0.3, -0.25) is 0 Å². The van der Waals surface area contributed by atoms with Crippen LogP contribution in [0, 0.1) is 0 Å². The first kappa shape index (κ1) is 13.0. The summed E-state index contributed by atoms with van der Waals surface area (Å²) in [5.41, 5.74) is -0.519. The topological polar surface area (TPSA) is 55.8 Å². The van der Waals surface area contributed by atoms with Crippen molar-refractivity contribution in [2.45, 2.75) is 45.5 Å². The summed E-state index contributed by atoms with van der Waals surface area (Å²) in [6.45, 7) is 7.99. The SMILES string of the molecule is CC1CN(C(=O)OC(C)(C)C)C[C@@H](C=O)O1. The van der Waals surface area contributed by atoms with Crippen molar-refractivity contribution in [3.05, 3.63) is 0 Å². The lowest BCUT2D eigenvalue weighted by Crippen LogP contribution is -2.51. The molecule has 1 heterocycles. The first-order valence-corrected chi connectivity index (χ1v) is 5.40. The number of amides is 1. The van der Waals surface area contributed by atoms with Gasteiger partial charge in [0.2, 0.25) is 0 Å². The summed E-state index contributed by atoms with van der Waals surface area (Å²) >= 11 is 0. The van der Waals surface area contributed by atoms with Crippen LogP contribution in [0.3, 0.4) is 0 Å². The van der Waals surface area contributed by atoms with E-state index in [2.05, 4.69) is 0 Å². The zero-order valence-corrected chi connectivity index (χ0v) is 10.2. The highest BCUT2D eigenvalue weighted by Gasteiger charge is 2.30.